The van der Waals surface area contributed by atoms with Crippen LogP contribution in [0.4, 0.5) is 4.39 Å². The number of hydrogen-bond donors (Lipinski definition) is 0. The molecule has 1 unspecified atom stereocenters. The van der Waals surface area contributed by atoms with Crippen LogP contribution in [-0.2, 0) is 0 Å². The van der Waals surface area contributed by atoms with E-state index in [1.54, 1.807) is 25.5 Å². The van der Waals surface area contributed by atoms with E-state index in [0.717, 1.165) is 22.2 Å². The molecule has 3 heterocycles. The molecule has 1 aliphatic heterocycles. The van der Waals surface area contributed by atoms with Crippen LogP contribution >= 0.6 is 0 Å². The Labute approximate surface area is 148 Å². The molecule has 1 aliphatic rings. The van der Waals surface area contributed by atoms with E-state index >= 15 is 0 Å². The van der Waals surface area contributed by atoms with Gasteiger partial charge in [-0.2, -0.15) is 0 Å². The maximum Gasteiger partial charge on any atom is 0.168 e. The highest BCUT2D eigenvalue weighted by molar-refractivity contribution is 6.00. The Bertz CT molecular complexity index is 1170. The van der Waals surface area contributed by atoms with E-state index in [1.807, 2.05) is 34.9 Å². The van der Waals surface area contributed by atoms with Crippen LogP contribution in [0.1, 0.15) is 34.1 Å². The molecule has 4 aromatic rings. The minimum Gasteiger partial charge on any atom is -0.461 e. The van der Waals surface area contributed by atoms with Crippen LogP contribution in [0.2, 0.25) is 0 Å². The van der Waals surface area contributed by atoms with E-state index in [2.05, 4.69) is 4.98 Å². The zero-order valence-corrected chi connectivity index (χ0v) is 14.1. The Morgan fingerprint density at radius 1 is 1.27 bits per heavy atom. The second-order valence-corrected chi connectivity index (χ2v) is 6.64. The van der Waals surface area contributed by atoms with E-state index in [4.69, 9.17) is 4.42 Å². The Kier molecular flexibility index (Phi) is 3.13. The summed E-state index contributed by atoms with van der Waals surface area (Å²) in [6, 6.07) is 12.5. The number of hydrogen-bond acceptors (Lipinski definition) is 3. The molecule has 26 heavy (non-hydrogen) atoms. The molecule has 0 N–H and O–H groups in total. The van der Waals surface area contributed by atoms with Crippen LogP contribution in [0.25, 0.3) is 22.2 Å². The summed E-state index contributed by atoms with van der Waals surface area (Å²) in [6.45, 7) is 1.80. The molecule has 2 aromatic heterocycles. The third-order valence-electron chi connectivity index (χ3n) is 5.01. The van der Waals surface area contributed by atoms with E-state index in [-0.39, 0.29) is 23.8 Å². The Hall–Kier alpha value is -3.21. The molecule has 0 saturated heterocycles. The van der Waals surface area contributed by atoms with Gasteiger partial charge in [-0.05, 0) is 24.6 Å². The monoisotopic (exact) mass is 346 g/mol. The zero-order valence-electron chi connectivity index (χ0n) is 14.1. The zero-order chi connectivity index (χ0) is 17.8. The van der Waals surface area contributed by atoms with Crippen molar-refractivity contribution in [2.24, 2.45) is 0 Å². The highest BCUT2D eigenvalue weighted by Crippen LogP contribution is 2.41. The number of aryl methyl sites for hydroxylation is 1. The first-order valence-electron chi connectivity index (χ1n) is 8.46. The lowest BCUT2D eigenvalue weighted by atomic mass is 9.96. The first-order valence-corrected chi connectivity index (χ1v) is 8.46. The fourth-order valence-electron chi connectivity index (χ4n) is 3.83. The number of carbonyl (C=O) groups is 1. The van der Waals surface area contributed by atoms with Gasteiger partial charge in [0.15, 0.2) is 5.78 Å². The molecule has 0 spiro atoms. The lowest BCUT2D eigenvalue weighted by Gasteiger charge is -2.14. The van der Waals surface area contributed by atoms with Gasteiger partial charge in [0.2, 0.25) is 0 Å². The number of fused-ring (bicyclic) bond motifs is 4. The molecule has 1 atom stereocenters. The van der Waals surface area contributed by atoms with Crippen LogP contribution in [0.15, 0.2) is 59.4 Å². The van der Waals surface area contributed by atoms with Crippen LogP contribution in [-0.4, -0.2) is 15.3 Å². The minimum absolute atomic E-state index is 0.101. The molecule has 0 saturated carbocycles. The summed E-state index contributed by atoms with van der Waals surface area (Å²) in [7, 11) is 0. The second kappa shape index (κ2) is 5.39. The number of furan rings is 1. The maximum absolute atomic E-state index is 14.5. The van der Waals surface area contributed by atoms with Gasteiger partial charge in [0.05, 0.1) is 29.8 Å². The van der Waals surface area contributed by atoms with Crippen molar-refractivity contribution in [3.8, 4) is 11.3 Å². The lowest BCUT2D eigenvalue weighted by molar-refractivity contribution is 0.0967. The summed E-state index contributed by atoms with van der Waals surface area (Å²) in [4.78, 5) is 17.1. The molecule has 5 heteroatoms. The molecular weight excluding hydrogens is 331 g/mol. The molecule has 0 amide bonds. The van der Waals surface area contributed by atoms with E-state index in [1.165, 1.54) is 6.07 Å². The average Bonchev–Trinajstić information content (AvgIpc) is 3.29. The predicted octanol–water partition coefficient (Wildman–Crippen LogP) is 4.92. The van der Waals surface area contributed by atoms with Crippen LogP contribution in [0.5, 0.6) is 0 Å². The molecule has 0 radical (unpaired) electrons. The number of aromatic nitrogens is 2. The first-order chi connectivity index (χ1) is 12.6. The number of rotatable bonds is 3. The predicted molar refractivity (Wildman–Crippen MR) is 95.7 cm³/mol. The van der Waals surface area contributed by atoms with Crippen molar-refractivity contribution in [3.05, 3.63) is 77.7 Å². The standard InChI is InChI=1S/C21H15FN2O2/c1-12-6-13-7-16(17(22)8-21(13)26-12)20(25)9-18-14-4-2-3-5-15(14)19-10-23-11-24(18)19/h2-8,10-11,18H,9H2,1H3. The molecule has 4 nitrogen and oxygen atoms in total. The molecule has 128 valence electrons. The molecule has 0 fully saturated rings. The van der Waals surface area contributed by atoms with Crippen molar-refractivity contribution in [3.63, 3.8) is 0 Å². The van der Waals surface area contributed by atoms with Gasteiger partial charge in [0.25, 0.3) is 0 Å². The molecule has 5 rings (SSSR count). The van der Waals surface area contributed by atoms with Gasteiger partial charge in [-0.25, -0.2) is 9.37 Å². The van der Waals surface area contributed by atoms with Crippen molar-refractivity contribution in [1.29, 1.82) is 0 Å². The summed E-state index contributed by atoms with van der Waals surface area (Å²) >= 11 is 0. The van der Waals surface area contributed by atoms with Gasteiger partial charge >= 0.3 is 0 Å². The second-order valence-electron chi connectivity index (χ2n) is 6.64. The van der Waals surface area contributed by atoms with Crippen molar-refractivity contribution in [1.82, 2.24) is 9.55 Å². The van der Waals surface area contributed by atoms with Gasteiger partial charge in [-0.15, -0.1) is 0 Å². The number of carbonyl (C=O) groups excluding carboxylic acids is 1. The van der Waals surface area contributed by atoms with Crippen molar-refractivity contribution < 1.29 is 13.6 Å². The summed E-state index contributed by atoms with van der Waals surface area (Å²) < 4.78 is 21.9. The number of halogens is 1. The highest BCUT2D eigenvalue weighted by Gasteiger charge is 2.30. The number of imidazole rings is 1. The van der Waals surface area contributed by atoms with Gasteiger partial charge in [-0.1, -0.05) is 24.3 Å². The third kappa shape index (κ3) is 2.13. The average molecular weight is 346 g/mol. The summed E-state index contributed by atoms with van der Waals surface area (Å²) in [5.41, 5.74) is 3.69. The summed E-state index contributed by atoms with van der Waals surface area (Å²) in [5, 5.41) is 0.738. The Morgan fingerprint density at radius 2 is 2.12 bits per heavy atom. The minimum atomic E-state index is -0.547. The van der Waals surface area contributed by atoms with Crippen molar-refractivity contribution in [2.45, 2.75) is 19.4 Å². The van der Waals surface area contributed by atoms with Gasteiger partial charge < -0.3 is 8.98 Å². The molecule has 0 bridgehead atoms. The summed E-state index contributed by atoms with van der Waals surface area (Å²) in [6.07, 6.45) is 3.70. The van der Waals surface area contributed by atoms with Crippen molar-refractivity contribution in [2.75, 3.05) is 0 Å². The number of benzene rings is 2. The summed E-state index contributed by atoms with van der Waals surface area (Å²) in [5.74, 6) is -0.0876. The number of Topliss-reactive ketones (excluding diaryl/α,β-unsaturated/α-hetero) is 1. The van der Waals surface area contributed by atoms with Crippen molar-refractivity contribution >= 4 is 16.8 Å². The quantitative estimate of drug-likeness (QED) is 0.495. The fourth-order valence-corrected chi connectivity index (χ4v) is 3.83. The lowest BCUT2D eigenvalue weighted by Crippen LogP contribution is -2.12. The molecular formula is C21H15FN2O2. The van der Waals surface area contributed by atoms with Gasteiger partial charge in [0.1, 0.15) is 17.2 Å². The van der Waals surface area contributed by atoms with Gasteiger partial charge in [-0.3, -0.25) is 4.79 Å². The smallest absolute Gasteiger partial charge is 0.168 e. The van der Waals surface area contributed by atoms with Crippen LogP contribution in [0.3, 0.4) is 0 Å². The maximum atomic E-state index is 14.5. The van der Waals surface area contributed by atoms with Gasteiger partial charge in [0, 0.05) is 23.4 Å². The van der Waals surface area contributed by atoms with E-state index in [0.29, 0.717) is 11.3 Å². The molecule has 2 aromatic carbocycles. The highest BCUT2D eigenvalue weighted by atomic mass is 19.1. The normalized spacial score (nSPS) is 15.2. The molecule has 0 aliphatic carbocycles. The van der Waals surface area contributed by atoms with Crippen LogP contribution in [0, 0.1) is 12.7 Å². The Balaban J connectivity index is 1.54. The SMILES string of the molecule is Cc1cc2cc(C(=O)CC3c4ccccc4-c4cncn43)c(F)cc2o1. The third-order valence-corrected chi connectivity index (χ3v) is 5.01. The largest absolute Gasteiger partial charge is 0.461 e. The number of ketones is 1. The number of nitrogens with zero attached hydrogens (tertiary/aromatic N) is 2. The first kappa shape index (κ1) is 15.1. The topological polar surface area (TPSA) is 48.0 Å². The van der Waals surface area contributed by atoms with Crippen LogP contribution < -0.4 is 0 Å². The van der Waals surface area contributed by atoms with E-state index < -0.39 is 5.82 Å². The van der Waals surface area contributed by atoms with E-state index in [9.17, 15) is 9.18 Å². The fraction of sp³-hybridized carbons (Fsp3) is 0.143. The Morgan fingerprint density at radius 3 is 3.00 bits per heavy atom.